The van der Waals surface area contributed by atoms with Crippen molar-refractivity contribution in [2.24, 2.45) is 5.92 Å². The number of aryl methyl sites for hydroxylation is 1. The summed E-state index contributed by atoms with van der Waals surface area (Å²) in [6.45, 7) is 2.67. The van der Waals surface area contributed by atoms with Gasteiger partial charge in [-0.25, -0.2) is 0 Å². The van der Waals surface area contributed by atoms with E-state index in [4.69, 9.17) is 11.6 Å². The Balaban J connectivity index is 1.33. The normalized spacial score (nSPS) is 24.3. The van der Waals surface area contributed by atoms with Gasteiger partial charge in [0.25, 0.3) is 5.91 Å². The fourth-order valence-corrected chi connectivity index (χ4v) is 6.08. The maximum absolute atomic E-state index is 13.0. The highest BCUT2D eigenvalue weighted by molar-refractivity contribution is 8.04. The van der Waals surface area contributed by atoms with E-state index in [1.165, 1.54) is 5.56 Å². The molecule has 2 aromatic rings. The summed E-state index contributed by atoms with van der Waals surface area (Å²) in [5.41, 5.74) is 3.41. The van der Waals surface area contributed by atoms with Crippen LogP contribution in [0.25, 0.3) is 6.08 Å². The van der Waals surface area contributed by atoms with E-state index in [2.05, 4.69) is 24.4 Å². The lowest BCUT2D eigenvalue weighted by Gasteiger charge is -2.44. The van der Waals surface area contributed by atoms with Crippen LogP contribution in [0.4, 0.5) is 0 Å². The summed E-state index contributed by atoms with van der Waals surface area (Å²) < 4.78 is 0. The quantitative estimate of drug-likeness (QED) is 0.622. The zero-order valence-corrected chi connectivity index (χ0v) is 20.1. The number of carbonyl (C=O) groups is 2. The van der Waals surface area contributed by atoms with E-state index in [0.717, 1.165) is 46.7 Å². The average Bonchev–Trinajstić information content (AvgIpc) is 2.80. The average molecular weight is 469 g/mol. The molecule has 1 heterocycles. The van der Waals surface area contributed by atoms with Crippen LogP contribution in [-0.4, -0.2) is 41.6 Å². The Kier molecular flexibility index (Phi) is 7.27. The van der Waals surface area contributed by atoms with E-state index in [0.29, 0.717) is 11.8 Å². The van der Waals surface area contributed by atoms with Gasteiger partial charge < -0.3 is 10.2 Å². The van der Waals surface area contributed by atoms with Crippen molar-refractivity contribution in [3.8, 4) is 0 Å². The molecule has 2 aliphatic rings. The molecule has 0 bridgehead atoms. The molecule has 0 radical (unpaired) electrons. The molecule has 1 saturated heterocycles. The number of halogens is 1. The van der Waals surface area contributed by atoms with Crippen LogP contribution in [0.15, 0.2) is 53.4 Å². The van der Waals surface area contributed by atoms with Crippen molar-refractivity contribution in [1.82, 2.24) is 10.2 Å². The van der Waals surface area contributed by atoms with Crippen LogP contribution < -0.4 is 5.32 Å². The number of rotatable bonds is 5. The Labute approximate surface area is 199 Å². The highest BCUT2D eigenvalue weighted by Crippen LogP contribution is 2.43. The van der Waals surface area contributed by atoms with Gasteiger partial charge in [-0.15, -0.1) is 11.8 Å². The number of hydrogen-bond acceptors (Lipinski definition) is 3. The predicted octanol–water partition coefficient (Wildman–Crippen LogP) is 5.09. The van der Waals surface area contributed by atoms with Gasteiger partial charge in [-0.3, -0.25) is 9.59 Å². The Hall–Kier alpha value is -2.24. The minimum absolute atomic E-state index is 0.0417. The molecule has 2 fully saturated rings. The number of thioether (sulfide) groups is 1. The molecule has 2 aromatic carbocycles. The minimum atomic E-state index is -0.0417. The van der Waals surface area contributed by atoms with Gasteiger partial charge >= 0.3 is 0 Å². The third kappa shape index (κ3) is 5.38. The van der Waals surface area contributed by atoms with Crippen LogP contribution in [0.5, 0.6) is 0 Å². The topological polar surface area (TPSA) is 49.4 Å². The van der Waals surface area contributed by atoms with Crippen LogP contribution in [0.2, 0.25) is 5.02 Å². The van der Waals surface area contributed by atoms with E-state index in [1.54, 1.807) is 11.8 Å². The molecule has 0 spiro atoms. The predicted molar refractivity (Wildman–Crippen MR) is 133 cm³/mol. The molecule has 1 aliphatic heterocycles. The Morgan fingerprint density at radius 1 is 1.16 bits per heavy atom. The molecule has 1 aliphatic carbocycles. The van der Waals surface area contributed by atoms with Crippen LogP contribution in [0, 0.1) is 12.8 Å². The second kappa shape index (κ2) is 10.1. The maximum atomic E-state index is 13.0. The number of amides is 2. The molecule has 6 heteroatoms. The molecule has 3 atom stereocenters. The van der Waals surface area contributed by atoms with Gasteiger partial charge in [-0.05, 0) is 61.9 Å². The van der Waals surface area contributed by atoms with Gasteiger partial charge in [-0.2, -0.15) is 0 Å². The minimum Gasteiger partial charge on any atom is -0.356 e. The molecular formula is C26H29ClN2O2S. The SMILES string of the molecule is Cc1ccc(/C=C2\SC3CCC(C(=O)NCCc4ccc(Cl)cc4)CC3N(C)C2=O)cc1. The van der Waals surface area contributed by atoms with Gasteiger partial charge in [0, 0.05) is 35.8 Å². The first-order chi connectivity index (χ1) is 15.4. The molecule has 3 unspecified atom stereocenters. The van der Waals surface area contributed by atoms with Crippen LogP contribution in [-0.2, 0) is 16.0 Å². The van der Waals surface area contributed by atoms with E-state index in [-0.39, 0.29) is 23.8 Å². The van der Waals surface area contributed by atoms with Crippen LogP contribution in [0.1, 0.15) is 36.0 Å². The van der Waals surface area contributed by atoms with Gasteiger partial charge in [0.15, 0.2) is 0 Å². The zero-order valence-electron chi connectivity index (χ0n) is 18.5. The number of nitrogens with one attached hydrogen (secondary N) is 1. The first kappa shape index (κ1) is 22.9. The molecule has 32 heavy (non-hydrogen) atoms. The van der Waals surface area contributed by atoms with Crippen LogP contribution >= 0.6 is 23.4 Å². The first-order valence-corrected chi connectivity index (χ1v) is 12.4. The summed E-state index contributed by atoms with van der Waals surface area (Å²) in [7, 11) is 1.88. The zero-order chi connectivity index (χ0) is 22.7. The molecule has 0 aromatic heterocycles. The fraction of sp³-hybridized carbons (Fsp3) is 0.385. The van der Waals surface area contributed by atoms with Crippen molar-refractivity contribution in [3.05, 3.63) is 75.1 Å². The number of fused-ring (bicyclic) bond motifs is 1. The summed E-state index contributed by atoms with van der Waals surface area (Å²) >= 11 is 7.61. The van der Waals surface area contributed by atoms with E-state index in [9.17, 15) is 9.59 Å². The fourth-order valence-electron chi connectivity index (χ4n) is 4.48. The van der Waals surface area contributed by atoms with E-state index >= 15 is 0 Å². The third-order valence-corrected chi connectivity index (χ3v) is 8.08. The smallest absolute Gasteiger partial charge is 0.260 e. The number of nitrogens with zero attached hydrogens (tertiary/aromatic N) is 1. The Bertz CT molecular complexity index is 1000. The molecule has 4 nitrogen and oxygen atoms in total. The van der Waals surface area contributed by atoms with E-state index < -0.39 is 0 Å². The van der Waals surface area contributed by atoms with Gasteiger partial charge in [0.1, 0.15) is 0 Å². The Morgan fingerprint density at radius 3 is 2.59 bits per heavy atom. The van der Waals surface area contributed by atoms with E-state index in [1.807, 2.05) is 54.4 Å². The van der Waals surface area contributed by atoms with Crippen molar-refractivity contribution in [2.45, 2.75) is 43.9 Å². The molecular weight excluding hydrogens is 440 g/mol. The number of hydrogen-bond donors (Lipinski definition) is 1. The lowest BCUT2D eigenvalue weighted by Crippen LogP contribution is -2.52. The lowest BCUT2D eigenvalue weighted by molar-refractivity contribution is -0.131. The van der Waals surface area contributed by atoms with Gasteiger partial charge in [0.05, 0.1) is 4.91 Å². The third-order valence-electron chi connectivity index (χ3n) is 6.43. The van der Waals surface area contributed by atoms with Gasteiger partial charge in [0.2, 0.25) is 5.91 Å². The molecule has 1 N–H and O–H groups in total. The standard InChI is InChI=1S/C26H29ClN2O2S/c1-17-3-5-19(6-4-17)15-24-26(31)29(2)22-16-20(9-12-23(22)32-24)25(30)28-14-13-18-7-10-21(27)11-8-18/h3-8,10-11,15,20,22-23H,9,12-14,16H2,1-2H3,(H,28,30)/b24-15-. The summed E-state index contributed by atoms with van der Waals surface area (Å²) in [6, 6.07) is 16.0. The van der Waals surface area contributed by atoms with Crippen molar-refractivity contribution in [2.75, 3.05) is 13.6 Å². The summed E-state index contributed by atoms with van der Waals surface area (Å²) in [5, 5.41) is 4.15. The number of benzene rings is 2. The van der Waals surface area contributed by atoms with Crippen molar-refractivity contribution < 1.29 is 9.59 Å². The highest BCUT2D eigenvalue weighted by atomic mass is 35.5. The lowest BCUT2D eigenvalue weighted by atomic mass is 9.83. The summed E-state index contributed by atoms with van der Waals surface area (Å²) in [5.74, 6) is 0.116. The van der Waals surface area contributed by atoms with Crippen LogP contribution in [0.3, 0.4) is 0 Å². The second-order valence-electron chi connectivity index (χ2n) is 8.74. The first-order valence-electron chi connectivity index (χ1n) is 11.1. The molecule has 1 saturated carbocycles. The Morgan fingerprint density at radius 2 is 1.88 bits per heavy atom. The van der Waals surface area contributed by atoms with Crippen molar-refractivity contribution in [1.29, 1.82) is 0 Å². The number of likely N-dealkylation sites (N-methyl/N-ethyl adjacent to an activating group) is 1. The molecule has 2 amide bonds. The monoisotopic (exact) mass is 468 g/mol. The number of carbonyl (C=O) groups excluding carboxylic acids is 2. The summed E-state index contributed by atoms with van der Waals surface area (Å²) in [4.78, 5) is 28.4. The van der Waals surface area contributed by atoms with Gasteiger partial charge in [-0.1, -0.05) is 53.6 Å². The molecule has 4 rings (SSSR count). The second-order valence-corrected chi connectivity index (χ2v) is 10.5. The molecule has 168 valence electrons. The highest BCUT2D eigenvalue weighted by Gasteiger charge is 2.42. The largest absolute Gasteiger partial charge is 0.356 e. The summed E-state index contributed by atoms with van der Waals surface area (Å²) in [6.07, 6.45) is 5.30. The van der Waals surface area contributed by atoms with Crippen molar-refractivity contribution in [3.63, 3.8) is 0 Å². The van der Waals surface area contributed by atoms with Crippen molar-refractivity contribution >= 4 is 41.3 Å². The maximum Gasteiger partial charge on any atom is 0.260 e.